The third-order valence-corrected chi connectivity index (χ3v) is 3.87. The number of nitrogens with zero attached hydrogens (tertiary/aromatic N) is 5. The van der Waals surface area contributed by atoms with Crippen molar-refractivity contribution < 1.29 is 4.74 Å². The zero-order chi connectivity index (χ0) is 14.9. The summed E-state index contributed by atoms with van der Waals surface area (Å²) >= 11 is 0. The van der Waals surface area contributed by atoms with Gasteiger partial charge in [0.25, 0.3) is 0 Å². The Labute approximate surface area is 128 Å². The normalized spacial score (nSPS) is 15.0. The average molecular weight is 295 g/mol. The van der Waals surface area contributed by atoms with E-state index in [1.54, 1.807) is 18.6 Å². The quantitative estimate of drug-likeness (QED) is 0.736. The molecule has 4 heterocycles. The molecule has 0 aromatic carbocycles. The second-order valence-corrected chi connectivity index (χ2v) is 5.63. The number of ether oxygens (including phenoxy) is 1. The maximum Gasteiger partial charge on any atom is 0.157 e. The highest BCUT2D eigenvalue weighted by molar-refractivity contribution is 5.52. The van der Waals surface area contributed by atoms with Crippen molar-refractivity contribution in [3.05, 3.63) is 48.5 Å². The van der Waals surface area contributed by atoms with E-state index in [0.717, 1.165) is 36.0 Å². The molecule has 1 aliphatic heterocycles. The minimum atomic E-state index is 0.527. The summed E-state index contributed by atoms with van der Waals surface area (Å²) in [6.45, 7) is 4.67. The maximum absolute atomic E-state index is 5.77. The third-order valence-electron chi connectivity index (χ3n) is 3.87. The topological polar surface area (TPSA) is 55.5 Å². The lowest BCUT2D eigenvalue weighted by Gasteiger charge is -2.40. The largest absolute Gasteiger partial charge is 0.492 e. The Balaban J connectivity index is 1.41. The molecule has 1 saturated heterocycles. The van der Waals surface area contributed by atoms with Gasteiger partial charge in [-0.15, -0.1) is 0 Å². The van der Waals surface area contributed by atoms with Gasteiger partial charge in [-0.05, 0) is 19.1 Å². The molecule has 0 spiro atoms. The van der Waals surface area contributed by atoms with Crippen molar-refractivity contribution in [2.75, 3.05) is 24.6 Å². The fraction of sp³-hybridized carbons (Fsp3) is 0.312. The SMILES string of the molecule is Cc1cc(N2CC(COc3cccnc3)C2)n2nccc2n1. The van der Waals surface area contributed by atoms with Gasteiger partial charge in [-0.3, -0.25) is 4.98 Å². The number of fused-ring (bicyclic) bond motifs is 1. The number of pyridine rings is 1. The molecule has 6 heteroatoms. The summed E-state index contributed by atoms with van der Waals surface area (Å²) in [5.41, 5.74) is 1.91. The number of hydrogen-bond donors (Lipinski definition) is 0. The Morgan fingerprint density at radius 3 is 3.00 bits per heavy atom. The zero-order valence-electron chi connectivity index (χ0n) is 12.4. The smallest absolute Gasteiger partial charge is 0.157 e. The molecular weight excluding hydrogens is 278 g/mol. The van der Waals surface area contributed by atoms with Crippen LogP contribution in [0.3, 0.4) is 0 Å². The Bertz CT molecular complexity index is 780. The molecule has 0 aliphatic carbocycles. The number of hydrogen-bond acceptors (Lipinski definition) is 5. The summed E-state index contributed by atoms with van der Waals surface area (Å²) in [5.74, 6) is 2.46. The van der Waals surface area contributed by atoms with Gasteiger partial charge in [-0.2, -0.15) is 9.61 Å². The van der Waals surface area contributed by atoms with Crippen molar-refractivity contribution in [3.8, 4) is 5.75 Å². The lowest BCUT2D eigenvalue weighted by atomic mass is 10.0. The molecule has 1 fully saturated rings. The van der Waals surface area contributed by atoms with Crippen LogP contribution in [0, 0.1) is 12.8 Å². The van der Waals surface area contributed by atoms with Crippen LogP contribution in [0.5, 0.6) is 5.75 Å². The summed E-state index contributed by atoms with van der Waals surface area (Å²) < 4.78 is 7.66. The Morgan fingerprint density at radius 2 is 2.18 bits per heavy atom. The highest BCUT2D eigenvalue weighted by Crippen LogP contribution is 2.26. The lowest BCUT2D eigenvalue weighted by molar-refractivity contribution is 0.219. The minimum absolute atomic E-state index is 0.527. The molecule has 0 unspecified atom stereocenters. The van der Waals surface area contributed by atoms with Crippen LogP contribution in [0.4, 0.5) is 5.82 Å². The van der Waals surface area contributed by atoms with Crippen LogP contribution in [0.15, 0.2) is 42.9 Å². The highest BCUT2D eigenvalue weighted by Gasteiger charge is 2.29. The van der Waals surface area contributed by atoms with Gasteiger partial charge >= 0.3 is 0 Å². The number of rotatable bonds is 4. The lowest BCUT2D eigenvalue weighted by Crippen LogP contribution is -2.50. The molecule has 4 rings (SSSR count). The van der Waals surface area contributed by atoms with Crippen molar-refractivity contribution in [1.29, 1.82) is 0 Å². The first kappa shape index (κ1) is 13.1. The van der Waals surface area contributed by atoms with Gasteiger partial charge < -0.3 is 9.64 Å². The number of aromatic nitrogens is 4. The van der Waals surface area contributed by atoms with Crippen LogP contribution in [0.25, 0.3) is 5.65 Å². The van der Waals surface area contributed by atoms with Crippen molar-refractivity contribution in [2.24, 2.45) is 5.92 Å². The Hall–Kier alpha value is -2.63. The van der Waals surface area contributed by atoms with E-state index in [-0.39, 0.29) is 0 Å². The van der Waals surface area contributed by atoms with Crippen LogP contribution in [-0.4, -0.2) is 39.3 Å². The predicted molar refractivity (Wildman–Crippen MR) is 83.2 cm³/mol. The molecule has 6 nitrogen and oxygen atoms in total. The van der Waals surface area contributed by atoms with Crippen molar-refractivity contribution in [1.82, 2.24) is 19.6 Å². The van der Waals surface area contributed by atoms with Gasteiger partial charge in [-0.1, -0.05) is 0 Å². The molecule has 22 heavy (non-hydrogen) atoms. The van der Waals surface area contributed by atoms with E-state index < -0.39 is 0 Å². The number of anilines is 1. The first-order valence-electron chi connectivity index (χ1n) is 7.39. The minimum Gasteiger partial charge on any atom is -0.492 e. The van der Waals surface area contributed by atoms with Crippen LogP contribution in [0.2, 0.25) is 0 Å². The summed E-state index contributed by atoms with van der Waals surface area (Å²) in [6, 6.07) is 7.83. The molecule has 112 valence electrons. The molecule has 0 N–H and O–H groups in total. The van der Waals surface area contributed by atoms with Gasteiger partial charge in [0.1, 0.15) is 11.6 Å². The fourth-order valence-electron chi connectivity index (χ4n) is 2.75. The monoisotopic (exact) mass is 295 g/mol. The van der Waals surface area contributed by atoms with Crippen molar-refractivity contribution in [3.63, 3.8) is 0 Å². The summed E-state index contributed by atoms with van der Waals surface area (Å²) in [6.07, 6.45) is 5.28. The first-order valence-corrected chi connectivity index (χ1v) is 7.39. The summed E-state index contributed by atoms with van der Waals surface area (Å²) in [7, 11) is 0. The second-order valence-electron chi connectivity index (χ2n) is 5.63. The van der Waals surface area contributed by atoms with E-state index in [9.17, 15) is 0 Å². The fourth-order valence-corrected chi connectivity index (χ4v) is 2.75. The van der Waals surface area contributed by atoms with E-state index in [4.69, 9.17) is 4.74 Å². The average Bonchev–Trinajstić information content (AvgIpc) is 2.94. The second kappa shape index (κ2) is 5.29. The molecule has 1 aliphatic rings. The Morgan fingerprint density at radius 1 is 1.27 bits per heavy atom. The van der Waals surface area contributed by atoms with Crippen LogP contribution < -0.4 is 9.64 Å². The summed E-state index contributed by atoms with van der Waals surface area (Å²) in [4.78, 5) is 10.8. The van der Waals surface area contributed by atoms with Gasteiger partial charge in [0.15, 0.2) is 5.65 Å². The third kappa shape index (κ3) is 2.36. The summed E-state index contributed by atoms with van der Waals surface area (Å²) in [5, 5.41) is 4.35. The van der Waals surface area contributed by atoms with E-state index in [1.807, 2.05) is 29.6 Å². The predicted octanol–water partition coefficient (Wildman–Crippen LogP) is 1.95. The Kier molecular flexibility index (Phi) is 3.14. The van der Waals surface area contributed by atoms with Gasteiger partial charge in [-0.25, -0.2) is 4.98 Å². The molecule has 3 aromatic rings. The zero-order valence-corrected chi connectivity index (χ0v) is 12.4. The van der Waals surface area contributed by atoms with Gasteiger partial charge in [0, 0.05) is 43.0 Å². The molecular formula is C16H17N5O. The van der Waals surface area contributed by atoms with E-state index in [2.05, 4.69) is 26.0 Å². The first-order chi connectivity index (χ1) is 10.8. The molecule has 0 atom stereocenters. The van der Waals surface area contributed by atoms with E-state index in [0.29, 0.717) is 12.5 Å². The van der Waals surface area contributed by atoms with Crippen LogP contribution in [0.1, 0.15) is 5.69 Å². The standard InChI is InChI=1S/C16H17N5O/c1-12-7-16(21-15(19-12)4-6-18-21)20-9-13(10-20)11-22-14-3-2-5-17-8-14/h2-8,13H,9-11H2,1H3. The van der Waals surface area contributed by atoms with Crippen molar-refractivity contribution >= 4 is 11.5 Å². The van der Waals surface area contributed by atoms with Gasteiger partial charge in [0.05, 0.1) is 19.0 Å². The number of aryl methyl sites for hydroxylation is 1. The molecule has 0 amide bonds. The van der Waals surface area contributed by atoms with Crippen LogP contribution in [-0.2, 0) is 0 Å². The molecule has 0 radical (unpaired) electrons. The highest BCUT2D eigenvalue weighted by atomic mass is 16.5. The van der Waals surface area contributed by atoms with E-state index in [1.165, 1.54) is 0 Å². The molecule has 3 aromatic heterocycles. The molecule has 0 saturated carbocycles. The van der Waals surface area contributed by atoms with Crippen molar-refractivity contribution in [2.45, 2.75) is 6.92 Å². The van der Waals surface area contributed by atoms with Gasteiger partial charge in [0.2, 0.25) is 0 Å². The maximum atomic E-state index is 5.77. The molecule has 0 bridgehead atoms. The van der Waals surface area contributed by atoms with E-state index >= 15 is 0 Å². The van der Waals surface area contributed by atoms with Crippen LogP contribution >= 0.6 is 0 Å².